The lowest BCUT2D eigenvalue weighted by Crippen LogP contribution is -2.45. The number of hydrogen-bond acceptors (Lipinski definition) is 4. The first-order chi connectivity index (χ1) is 13.3. The minimum atomic E-state index is -0.320. The third kappa shape index (κ3) is 4.65. The maximum atomic E-state index is 11.9. The van der Waals surface area contributed by atoms with E-state index in [9.17, 15) is 4.79 Å². The van der Waals surface area contributed by atoms with Gasteiger partial charge in [-0.15, -0.1) is 0 Å². The van der Waals surface area contributed by atoms with Gasteiger partial charge in [0, 0.05) is 23.3 Å². The predicted octanol–water partition coefficient (Wildman–Crippen LogP) is 4.59. The number of benzene rings is 2. The molecule has 5 nitrogen and oxygen atoms in total. The van der Waals surface area contributed by atoms with Crippen molar-refractivity contribution in [2.75, 3.05) is 18.6 Å². The highest BCUT2D eigenvalue weighted by atomic mass is 35.5. The number of nitrogens with zero attached hydrogens (tertiary/aromatic N) is 2. The molecule has 0 unspecified atom stereocenters. The highest BCUT2D eigenvalue weighted by molar-refractivity contribution is 6.30. The first-order valence-electron chi connectivity index (χ1n) is 9.34. The Hall–Kier alpha value is -2.53. The average Bonchev–Trinajstić information content (AvgIpc) is 2.65. The van der Waals surface area contributed by atoms with Crippen LogP contribution in [0.2, 0.25) is 5.02 Å². The Bertz CT molecular complexity index is 878. The number of nitrogens with one attached hydrogen (secondary N) is 1. The summed E-state index contributed by atoms with van der Waals surface area (Å²) in [5.41, 5.74) is 6.15. The molecule has 0 saturated heterocycles. The maximum absolute atomic E-state index is 11.9. The van der Waals surface area contributed by atoms with Crippen molar-refractivity contribution in [1.82, 2.24) is 5.43 Å². The number of ether oxygens (including phenoxy) is 1. The Balaban J connectivity index is 1.58. The van der Waals surface area contributed by atoms with E-state index in [4.69, 9.17) is 16.3 Å². The average molecular weight is 400 g/mol. The minimum absolute atomic E-state index is 0.111. The van der Waals surface area contributed by atoms with Crippen molar-refractivity contribution >= 4 is 29.4 Å². The Morgan fingerprint density at radius 1 is 1.32 bits per heavy atom. The molecule has 2 aromatic rings. The molecule has 0 aromatic heterocycles. The molecule has 3 rings (SSSR count). The SMILES string of the molecule is C[C@H]1CC(C)(C)N(C)c2ccc(/C=N\NC(=O)COc3ccc(Cl)cc3)cc21. The van der Waals surface area contributed by atoms with E-state index in [0.29, 0.717) is 16.7 Å². The molecule has 1 aliphatic rings. The van der Waals surface area contributed by atoms with Gasteiger partial charge in [0.25, 0.3) is 5.91 Å². The van der Waals surface area contributed by atoms with Gasteiger partial charge >= 0.3 is 0 Å². The zero-order chi connectivity index (χ0) is 20.3. The lowest BCUT2D eigenvalue weighted by molar-refractivity contribution is -0.123. The summed E-state index contributed by atoms with van der Waals surface area (Å²) in [7, 11) is 2.14. The molecule has 1 atom stereocenters. The number of carbonyl (C=O) groups excluding carboxylic acids is 1. The summed E-state index contributed by atoms with van der Waals surface area (Å²) in [5, 5.41) is 4.67. The Kier molecular flexibility index (Phi) is 5.94. The van der Waals surface area contributed by atoms with Crippen molar-refractivity contribution in [2.45, 2.75) is 38.6 Å². The van der Waals surface area contributed by atoms with Crippen LogP contribution in [0.15, 0.2) is 47.6 Å². The molecule has 2 aromatic carbocycles. The highest BCUT2D eigenvalue weighted by Crippen LogP contribution is 2.42. The normalized spacial score (nSPS) is 18.0. The summed E-state index contributed by atoms with van der Waals surface area (Å²) in [6.45, 7) is 6.68. The summed E-state index contributed by atoms with van der Waals surface area (Å²) >= 11 is 5.82. The monoisotopic (exact) mass is 399 g/mol. The van der Waals surface area contributed by atoms with Crippen molar-refractivity contribution in [3.8, 4) is 5.75 Å². The van der Waals surface area contributed by atoms with E-state index in [2.05, 4.69) is 55.4 Å². The van der Waals surface area contributed by atoms with E-state index in [1.165, 1.54) is 11.3 Å². The third-order valence-corrected chi connectivity index (χ3v) is 5.50. The van der Waals surface area contributed by atoms with Crippen molar-refractivity contribution in [3.05, 3.63) is 58.6 Å². The van der Waals surface area contributed by atoms with Crippen LogP contribution in [0.5, 0.6) is 5.75 Å². The van der Waals surface area contributed by atoms with Crippen LogP contribution in [0, 0.1) is 0 Å². The van der Waals surface area contributed by atoms with Crippen LogP contribution in [-0.2, 0) is 4.79 Å². The zero-order valence-corrected chi connectivity index (χ0v) is 17.5. The fourth-order valence-electron chi connectivity index (χ4n) is 3.57. The molecule has 1 aliphatic heterocycles. The van der Waals surface area contributed by atoms with Gasteiger partial charge in [0.1, 0.15) is 5.75 Å². The van der Waals surface area contributed by atoms with E-state index in [1.54, 1.807) is 30.5 Å². The Morgan fingerprint density at radius 2 is 2.04 bits per heavy atom. The number of rotatable bonds is 5. The molecule has 148 valence electrons. The molecule has 1 N–H and O–H groups in total. The van der Waals surface area contributed by atoms with Crippen LogP contribution in [0.1, 0.15) is 44.2 Å². The van der Waals surface area contributed by atoms with Gasteiger partial charge in [0.05, 0.1) is 6.21 Å². The van der Waals surface area contributed by atoms with Crippen LogP contribution < -0.4 is 15.1 Å². The minimum Gasteiger partial charge on any atom is -0.484 e. The summed E-state index contributed by atoms with van der Waals surface area (Å²) in [6, 6.07) is 13.1. The second kappa shape index (κ2) is 8.23. The molecule has 0 radical (unpaired) electrons. The summed E-state index contributed by atoms with van der Waals surface area (Å²) < 4.78 is 5.40. The van der Waals surface area contributed by atoms with Gasteiger partial charge in [-0.25, -0.2) is 5.43 Å². The number of hydrazone groups is 1. The van der Waals surface area contributed by atoms with Gasteiger partial charge in [-0.1, -0.05) is 24.6 Å². The molecule has 0 saturated carbocycles. The number of carbonyl (C=O) groups is 1. The van der Waals surface area contributed by atoms with Crippen molar-refractivity contribution < 1.29 is 9.53 Å². The predicted molar refractivity (Wildman–Crippen MR) is 115 cm³/mol. The molecular weight excluding hydrogens is 374 g/mol. The lowest BCUT2D eigenvalue weighted by atomic mass is 9.80. The smallest absolute Gasteiger partial charge is 0.277 e. The Morgan fingerprint density at radius 3 is 2.75 bits per heavy atom. The van der Waals surface area contributed by atoms with Gasteiger partial charge in [-0.2, -0.15) is 5.10 Å². The van der Waals surface area contributed by atoms with Crippen LogP contribution in [0.3, 0.4) is 0 Å². The Labute approximate surface area is 171 Å². The van der Waals surface area contributed by atoms with Crippen LogP contribution in [-0.4, -0.2) is 31.3 Å². The number of anilines is 1. The standard InChI is InChI=1S/C22H26ClN3O2/c1-15-12-22(2,3)26(4)20-10-5-16(11-19(15)20)13-24-25-21(27)14-28-18-8-6-17(23)7-9-18/h5-11,13,15H,12,14H2,1-4H3,(H,25,27)/b24-13-/t15-/m0/s1. The molecule has 1 amide bonds. The van der Waals surface area contributed by atoms with Crippen LogP contribution >= 0.6 is 11.6 Å². The second-order valence-corrected chi connectivity index (χ2v) is 8.27. The summed E-state index contributed by atoms with van der Waals surface area (Å²) in [6.07, 6.45) is 2.75. The number of fused-ring (bicyclic) bond motifs is 1. The first-order valence-corrected chi connectivity index (χ1v) is 9.72. The topological polar surface area (TPSA) is 53.9 Å². The number of amides is 1. The largest absolute Gasteiger partial charge is 0.484 e. The van der Waals surface area contributed by atoms with E-state index < -0.39 is 0 Å². The lowest BCUT2D eigenvalue weighted by Gasteiger charge is -2.45. The molecule has 6 heteroatoms. The molecule has 28 heavy (non-hydrogen) atoms. The zero-order valence-electron chi connectivity index (χ0n) is 16.7. The van der Waals surface area contributed by atoms with Gasteiger partial charge in [-0.05, 0) is 73.7 Å². The first kappa shape index (κ1) is 20.2. The highest BCUT2D eigenvalue weighted by Gasteiger charge is 2.33. The van der Waals surface area contributed by atoms with Gasteiger partial charge in [0.2, 0.25) is 0 Å². The molecule has 0 bridgehead atoms. The fraction of sp³-hybridized carbons (Fsp3) is 0.364. The molecular formula is C22H26ClN3O2. The van der Waals surface area contributed by atoms with Crippen LogP contribution in [0.4, 0.5) is 5.69 Å². The quantitative estimate of drug-likeness (QED) is 0.590. The summed E-state index contributed by atoms with van der Waals surface area (Å²) in [5.74, 6) is 0.732. The van der Waals surface area contributed by atoms with E-state index >= 15 is 0 Å². The van der Waals surface area contributed by atoms with Gasteiger partial charge < -0.3 is 9.64 Å². The number of hydrogen-bond donors (Lipinski definition) is 1. The van der Waals surface area contributed by atoms with E-state index in [1.807, 2.05) is 6.07 Å². The second-order valence-electron chi connectivity index (χ2n) is 7.83. The molecule has 0 aliphatic carbocycles. The van der Waals surface area contributed by atoms with Gasteiger partial charge in [-0.3, -0.25) is 4.79 Å². The van der Waals surface area contributed by atoms with Gasteiger partial charge in [0.15, 0.2) is 6.61 Å². The van der Waals surface area contributed by atoms with E-state index in [-0.39, 0.29) is 18.1 Å². The maximum Gasteiger partial charge on any atom is 0.277 e. The molecule has 1 heterocycles. The van der Waals surface area contributed by atoms with Crippen molar-refractivity contribution in [1.29, 1.82) is 0 Å². The fourth-order valence-corrected chi connectivity index (χ4v) is 3.69. The number of halogens is 1. The van der Waals surface area contributed by atoms with E-state index in [0.717, 1.165) is 12.0 Å². The molecule has 0 spiro atoms. The molecule has 0 fully saturated rings. The third-order valence-electron chi connectivity index (χ3n) is 5.24. The summed E-state index contributed by atoms with van der Waals surface area (Å²) in [4.78, 5) is 14.2. The van der Waals surface area contributed by atoms with Crippen LogP contribution in [0.25, 0.3) is 0 Å². The van der Waals surface area contributed by atoms with Crippen molar-refractivity contribution in [3.63, 3.8) is 0 Å². The van der Waals surface area contributed by atoms with Crippen molar-refractivity contribution in [2.24, 2.45) is 5.10 Å².